The molecule has 17 heavy (non-hydrogen) atoms. The number of aliphatic hydroxyl groups excluding tert-OH is 1. The van der Waals surface area contributed by atoms with Gasteiger partial charge in [-0.05, 0) is 12.0 Å². The fourth-order valence-electron chi connectivity index (χ4n) is 2.27. The van der Waals surface area contributed by atoms with Crippen LogP contribution in [0.5, 0.6) is 0 Å². The molecule has 0 aliphatic carbocycles. The molecular weight excluding hydrogens is 216 g/mol. The Balaban J connectivity index is 1.97. The number of carbonyl (C=O) groups excluding carboxylic acids is 1. The molecule has 0 aromatic heterocycles. The number of likely N-dealkylation sites (tertiary alicyclic amines) is 1. The Morgan fingerprint density at radius 3 is 2.76 bits per heavy atom. The molecule has 1 amide bonds. The highest BCUT2D eigenvalue weighted by molar-refractivity contribution is 5.77. The number of nitrogens with zero attached hydrogens (tertiary/aromatic N) is 1. The van der Waals surface area contributed by atoms with Crippen LogP contribution < -0.4 is 5.73 Å². The second-order valence-corrected chi connectivity index (χ2v) is 4.59. The van der Waals surface area contributed by atoms with Crippen molar-refractivity contribution in [2.24, 2.45) is 11.7 Å². The molecule has 0 saturated carbocycles. The minimum Gasteiger partial charge on any atom is -0.392 e. The molecule has 2 atom stereocenters. The Hall–Kier alpha value is -1.39. The molecule has 0 bridgehead atoms. The van der Waals surface area contributed by atoms with E-state index in [9.17, 15) is 9.90 Å². The summed E-state index contributed by atoms with van der Waals surface area (Å²) in [5, 5.41) is 9.70. The van der Waals surface area contributed by atoms with Gasteiger partial charge in [-0.25, -0.2) is 0 Å². The van der Waals surface area contributed by atoms with Crippen LogP contribution in [-0.2, 0) is 11.3 Å². The van der Waals surface area contributed by atoms with E-state index in [1.807, 2.05) is 18.2 Å². The van der Waals surface area contributed by atoms with Crippen LogP contribution in [0, 0.1) is 5.92 Å². The van der Waals surface area contributed by atoms with Crippen LogP contribution in [0.15, 0.2) is 30.3 Å². The topological polar surface area (TPSA) is 66.6 Å². The summed E-state index contributed by atoms with van der Waals surface area (Å²) in [6.45, 7) is 2.16. The van der Waals surface area contributed by atoms with Gasteiger partial charge in [-0.3, -0.25) is 9.69 Å². The van der Waals surface area contributed by atoms with Gasteiger partial charge < -0.3 is 10.8 Å². The molecule has 1 fully saturated rings. The number of aliphatic hydroxyl groups is 1. The van der Waals surface area contributed by atoms with Gasteiger partial charge in [0, 0.05) is 19.6 Å². The number of rotatable bonds is 3. The molecule has 2 rings (SSSR count). The lowest BCUT2D eigenvalue weighted by Crippen LogP contribution is -2.48. The minimum absolute atomic E-state index is 0.407. The fourth-order valence-corrected chi connectivity index (χ4v) is 2.27. The highest BCUT2D eigenvalue weighted by atomic mass is 16.3. The summed E-state index contributed by atoms with van der Waals surface area (Å²) in [5.41, 5.74) is 6.50. The third kappa shape index (κ3) is 3.05. The second-order valence-electron chi connectivity index (χ2n) is 4.59. The number of carbonyl (C=O) groups is 1. The van der Waals surface area contributed by atoms with Crippen LogP contribution in [0.2, 0.25) is 0 Å². The summed E-state index contributed by atoms with van der Waals surface area (Å²) >= 11 is 0. The van der Waals surface area contributed by atoms with Crippen LogP contribution in [0.3, 0.4) is 0 Å². The zero-order valence-electron chi connectivity index (χ0n) is 9.75. The van der Waals surface area contributed by atoms with E-state index < -0.39 is 17.9 Å². The number of amides is 1. The van der Waals surface area contributed by atoms with E-state index in [1.54, 1.807) is 0 Å². The predicted molar refractivity (Wildman–Crippen MR) is 65.0 cm³/mol. The van der Waals surface area contributed by atoms with Gasteiger partial charge in [-0.1, -0.05) is 30.3 Å². The van der Waals surface area contributed by atoms with Crippen molar-refractivity contribution in [2.75, 3.05) is 13.1 Å². The molecule has 0 radical (unpaired) electrons. The lowest BCUT2D eigenvalue weighted by atomic mass is 9.94. The summed E-state index contributed by atoms with van der Waals surface area (Å²) < 4.78 is 0. The monoisotopic (exact) mass is 234 g/mol. The van der Waals surface area contributed by atoms with Crippen molar-refractivity contribution in [3.63, 3.8) is 0 Å². The molecule has 1 aromatic rings. The SMILES string of the molecule is NC(=O)[C@H]1CN(Cc2ccccc2)CC[C@H]1O. The lowest BCUT2D eigenvalue weighted by Gasteiger charge is -2.34. The number of primary amides is 1. The first-order valence-corrected chi connectivity index (χ1v) is 5.90. The van der Waals surface area contributed by atoms with Crippen LogP contribution in [0.4, 0.5) is 0 Å². The molecule has 4 heteroatoms. The quantitative estimate of drug-likeness (QED) is 0.793. The van der Waals surface area contributed by atoms with Gasteiger partial charge in [0.1, 0.15) is 0 Å². The highest BCUT2D eigenvalue weighted by Gasteiger charge is 2.31. The molecule has 0 spiro atoms. The van der Waals surface area contributed by atoms with E-state index in [-0.39, 0.29) is 0 Å². The van der Waals surface area contributed by atoms with Gasteiger partial charge in [0.25, 0.3) is 0 Å². The lowest BCUT2D eigenvalue weighted by molar-refractivity contribution is -0.128. The van der Waals surface area contributed by atoms with E-state index >= 15 is 0 Å². The fraction of sp³-hybridized carbons (Fsp3) is 0.462. The maximum atomic E-state index is 11.2. The van der Waals surface area contributed by atoms with Gasteiger partial charge >= 0.3 is 0 Å². The Morgan fingerprint density at radius 1 is 1.41 bits per heavy atom. The van der Waals surface area contributed by atoms with Gasteiger partial charge in [0.2, 0.25) is 5.91 Å². The van der Waals surface area contributed by atoms with Crippen molar-refractivity contribution < 1.29 is 9.90 Å². The first-order chi connectivity index (χ1) is 8.16. The standard InChI is InChI=1S/C13H18N2O2/c14-13(17)11-9-15(7-6-12(11)16)8-10-4-2-1-3-5-10/h1-5,11-12,16H,6-9H2,(H2,14,17)/t11-,12+/m0/s1. The molecule has 0 unspecified atom stereocenters. The number of nitrogens with two attached hydrogens (primary N) is 1. The van der Waals surface area contributed by atoms with E-state index in [0.29, 0.717) is 13.0 Å². The van der Waals surface area contributed by atoms with Gasteiger partial charge in [-0.15, -0.1) is 0 Å². The van der Waals surface area contributed by atoms with Crippen LogP contribution in [0.1, 0.15) is 12.0 Å². The largest absolute Gasteiger partial charge is 0.392 e. The van der Waals surface area contributed by atoms with Crippen molar-refractivity contribution in [1.82, 2.24) is 4.90 Å². The second kappa shape index (κ2) is 5.29. The Kier molecular flexibility index (Phi) is 3.76. The van der Waals surface area contributed by atoms with Crippen molar-refractivity contribution >= 4 is 5.91 Å². The van der Waals surface area contributed by atoms with Crippen molar-refractivity contribution in [1.29, 1.82) is 0 Å². The summed E-state index contributed by atoms with van der Waals surface area (Å²) in [6, 6.07) is 10.1. The molecule has 1 aliphatic heterocycles. The van der Waals surface area contributed by atoms with E-state index in [4.69, 9.17) is 5.73 Å². The average molecular weight is 234 g/mol. The van der Waals surface area contributed by atoms with Gasteiger partial charge in [0.15, 0.2) is 0 Å². The molecule has 92 valence electrons. The number of piperidine rings is 1. The van der Waals surface area contributed by atoms with Crippen LogP contribution in [0.25, 0.3) is 0 Å². The molecule has 1 aliphatic rings. The molecule has 1 saturated heterocycles. The molecule has 1 heterocycles. The summed E-state index contributed by atoms with van der Waals surface area (Å²) in [7, 11) is 0. The Morgan fingerprint density at radius 2 is 2.12 bits per heavy atom. The zero-order valence-corrected chi connectivity index (χ0v) is 9.75. The maximum Gasteiger partial charge on any atom is 0.224 e. The number of hydrogen-bond donors (Lipinski definition) is 2. The van der Waals surface area contributed by atoms with Gasteiger partial charge in [-0.2, -0.15) is 0 Å². The normalized spacial score (nSPS) is 25.7. The molecule has 1 aromatic carbocycles. The van der Waals surface area contributed by atoms with Crippen molar-refractivity contribution in [3.8, 4) is 0 Å². The van der Waals surface area contributed by atoms with Crippen LogP contribution >= 0.6 is 0 Å². The molecule has 4 nitrogen and oxygen atoms in total. The third-order valence-corrected chi connectivity index (χ3v) is 3.27. The minimum atomic E-state index is -0.584. The van der Waals surface area contributed by atoms with Crippen molar-refractivity contribution in [2.45, 2.75) is 19.1 Å². The van der Waals surface area contributed by atoms with E-state index in [1.165, 1.54) is 5.56 Å². The Bertz CT molecular complexity index is 380. The first kappa shape index (κ1) is 12.1. The summed E-state index contributed by atoms with van der Waals surface area (Å²) in [5.74, 6) is -0.845. The third-order valence-electron chi connectivity index (χ3n) is 3.27. The smallest absolute Gasteiger partial charge is 0.224 e. The highest BCUT2D eigenvalue weighted by Crippen LogP contribution is 2.18. The maximum absolute atomic E-state index is 11.2. The predicted octanol–water partition coefficient (Wildman–Crippen LogP) is 0.355. The zero-order chi connectivity index (χ0) is 12.3. The van der Waals surface area contributed by atoms with Crippen LogP contribution in [-0.4, -0.2) is 35.1 Å². The molecular formula is C13H18N2O2. The van der Waals surface area contributed by atoms with Gasteiger partial charge in [0.05, 0.1) is 12.0 Å². The number of hydrogen-bond acceptors (Lipinski definition) is 3. The van der Waals surface area contributed by atoms with E-state index in [0.717, 1.165) is 13.1 Å². The first-order valence-electron chi connectivity index (χ1n) is 5.90. The number of benzene rings is 1. The summed E-state index contributed by atoms with van der Waals surface area (Å²) in [4.78, 5) is 13.4. The molecule has 3 N–H and O–H groups in total. The summed E-state index contributed by atoms with van der Waals surface area (Å²) in [6.07, 6.45) is 0.0278. The van der Waals surface area contributed by atoms with Crippen molar-refractivity contribution in [3.05, 3.63) is 35.9 Å². The Labute approximate surface area is 101 Å². The van der Waals surface area contributed by atoms with E-state index in [2.05, 4.69) is 17.0 Å². The average Bonchev–Trinajstić information content (AvgIpc) is 2.32.